The molecule has 2 aromatic rings. The van der Waals surface area contributed by atoms with Gasteiger partial charge in [0.2, 0.25) is 0 Å². The molecule has 2 aromatic heterocycles. The van der Waals surface area contributed by atoms with Crippen LogP contribution in [-0.2, 0) is 6.54 Å². The summed E-state index contributed by atoms with van der Waals surface area (Å²) in [4.78, 5) is 5.10. The van der Waals surface area contributed by atoms with E-state index < -0.39 is 6.10 Å². The fraction of sp³-hybridized carbons (Fsp3) is 0.300. The Morgan fingerprint density at radius 3 is 3.14 bits per heavy atom. The summed E-state index contributed by atoms with van der Waals surface area (Å²) in [7, 11) is 0. The Hall–Kier alpha value is -1.13. The number of thiophene rings is 1. The first-order valence-electron chi connectivity index (χ1n) is 4.55. The lowest BCUT2D eigenvalue weighted by atomic mass is 10.3. The van der Waals surface area contributed by atoms with E-state index in [9.17, 15) is 5.11 Å². The summed E-state index contributed by atoms with van der Waals surface area (Å²) in [5.41, 5.74) is 0. The van der Waals surface area contributed by atoms with Crippen molar-refractivity contribution in [2.75, 3.05) is 0 Å². The Bertz CT molecular complexity index is 394. The molecule has 0 radical (unpaired) electrons. The second-order valence-corrected chi connectivity index (χ2v) is 3.97. The van der Waals surface area contributed by atoms with E-state index >= 15 is 0 Å². The molecule has 1 atom stereocenters. The van der Waals surface area contributed by atoms with E-state index in [1.165, 1.54) is 0 Å². The first-order valence-corrected chi connectivity index (χ1v) is 5.43. The van der Waals surface area contributed by atoms with Gasteiger partial charge in [0.1, 0.15) is 11.9 Å². The lowest BCUT2D eigenvalue weighted by Gasteiger charge is -2.09. The van der Waals surface area contributed by atoms with Gasteiger partial charge in [-0.25, -0.2) is 4.98 Å². The molecule has 0 aliphatic carbocycles. The summed E-state index contributed by atoms with van der Waals surface area (Å²) in [6.45, 7) is 2.87. The maximum atomic E-state index is 10.0. The summed E-state index contributed by atoms with van der Waals surface area (Å²) in [5.74, 6) is 0.718. The molecule has 0 aliphatic rings. The van der Waals surface area contributed by atoms with Gasteiger partial charge in [0.25, 0.3) is 0 Å². The number of aryl methyl sites for hydroxylation is 1. The zero-order valence-corrected chi connectivity index (χ0v) is 8.74. The van der Waals surface area contributed by atoms with E-state index in [-0.39, 0.29) is 0 Å². The summed E-state index contributed by atoms with van der Waals surface area (Å²) in [5, 5.41) is 12.0. The molecule has 0 bridgehead atoms. The number of rotatable bonds is 3. The average Bonchev–Trinajstić information content (AvgIpc) is 2.87. The molecule has 2 heterocycles. The van der Waals surface area contributed by atoms with Gasteiger partial charge < -0.3 is 9.67 Å². The molecule has 0 aromatic carbocycles. The van der Waals surface area contributed by atoms with Crippen LogP contribution in [0.15, 0.2) is 29.9 Å². The van der Waals surface area contributed by atoms with Crippen LogP contribution >= 0.6 is 11.3 Å². The van der Waals surface area contributed by atoms with Crippen LogP contribution in [0.4, 0.5) is 0 Å². The van der Waals surface area contributed by atoms with E-state index in [0.29, 0.717) is 0 Å². The smallest absolute Gasteiger partial charge is 0.146 e. The first kappa shape index (κ1) is 9.43. The number of aliphatic hydroxyl groups excluding tert-OH is 1. The number of imidazole rings is 1. The average molecular weight is 208 g/mol. The van der Waals surface area contributed by atoms with Crippen molar-refractivity contribution in [3.63, 3.8) is 0 Å². The minimum absolute atomic E-state index is 0.593. The molecule has 0 saturated carbocycles. The molecule has 0 amide bonds. The predicted molar refractivity (Wildman–Crippen MR) is 56.3 cm³/mol. The van der Waals surface area contributed by atoms with Crippen molar-refractivity contribution < 1.29 is 5.11 Å². The highest BCUT2D eigenvalue weighted by Gasteiger charge is 2.15. The van der Waals surface area contributed by atoms with Gasteiger partial charge in [0, 0.05) is 23.8 Å². The van der Waals surface area contributed by atoms with Gasteiger partial charge in [0.15, 0.2) is 0 Å². The van der Waals surface area contributed by atoms with E-state index in [0.717, 1.165) is 17.2 Å². The van der Waals surface area contributed by atoms with Crippen LogP contribution in [0.5, 0.6) is 0 Å². The topological polar surface area (TPSA) is 38.0 Å². The maximum Gasteiger partial charge on any atom is 0.146 e. The molecule has 0 aliphatic heterocycles. The predicted octanol–water partition coefficient (Wildman–Crippen LogP) is 2.05. The largest absolute Gasteiger partial charge is 0.380 e. The van der Waals surface area contributed by atoms with Crippen molar-refractivity contribution in [2.45, 2.75) is 19.6 Å². The highest BCUT2D eigenvalue weighted by Crippen LogP contribution is 2.24. The molecule has 74 valence electrons. The molecule has 1 unspecified atom stereocenters. The van der Waals surface area contributed by atoms with Crippen LogP contribution in [0.3, 0.4) is 0 Å². The van der Waals surface area contributed by atoms with Gasteiger partial charge in [-0.2, -0.15) is 0 Å². The number of aromatic nitrogens is 2. The molecule has 0 saturated heterocycles. The van der Waals surface area contributed by atoms with Crippen molar-refractivity contribution >= 4 is 11.3 Å². The van der Waals surface area contributed by atoms with Crippen LogP contribution in [0, 0.1) is 0 Å². The summed E-state index contributed by atoms with van der Waals surface area (Å²) < 4.78 is 1.95. The van der Waals surface area contributed by atoms with Crippen LogP contribution in [-0.4, -0.2) is 14.7 Å². The van der Waals surface area contributed by atoms with Gasteiger partial charge in [-0.15, -0.1) is 11.3 Å². The van der Waals surface area contributed by atoms with E-state index in [1.54, 1.807) is 17.5 Å². The van der Waals surface area contributed by atoms with E-state index in [4.69, 9.17) is 0 Å². The molecular weight excluding hydrogens is 196 g/mol. The van der Waals surface area contributed by atoms with Gasteiger partial charge >= 0.3 is 0 Å². The molecular formula is C10H12N2OS. The Morgan fingerprint density at radius 1 is 1.64 bits per heavy atom. The van der Waals surface area contributed by atoms with Gasteiger partial charge in [-0.1, -0.05) is 6.07 Å². The third-order valence-corrected chi connectivity index (χ3v) is 3.07. The zero-order valence-electron chi connectivity index (χ0n) is 7.92. The summed E-state index contributed by atoms with van der Waals surface area (Å²) >= 11 is 1.55. The second-order valence-electron chi connectivity index (χ2n) is 2.99. The molecule has 2 rings (SSSR count). The van der Waals surface area contributed by atoms with E-state index in [2.05, 4.69) is 4.98 Å². The number of hydrogen-bond donors (Lipinski definition) is 1. The van der Waals surface area contributed by atoms with Gasteiger partial charge in [-0.05, 0) is 18.4 Å². The maximum absolute atomic E-state index is 10.0. The Morgan fingerprint density at radius 2 is 2.50 bits per heavy atom. The molecule has 0 spiro atoms. The van der Waals surface area contributed by atoms with Crippen molar-refractivity contribution in [3.8, 4) is 0 Å². The third kappa shape index (κ3) is 1.58. The Balaban J connectivity index is 2.31. The molecule has 0 fully saturated rings. The monoisotopic (exact) mass is 208 g/mol. The second kappa shape index (κ2) is 3.94. The van der Waals surface area contributed by atoms with Crippen molar-refractivity contribution in [1.82, 2.24) is 9.55 Å². The number of hydrogen-bond acceptors (Lipinski definition) is 3. The number of aliphatic hydroxyl groups is 1. The summed E-state index contributed by atoms with van der Waals surface area (Å²) in [6, 6.07) is 3.85. The van der Waals surface area contributed by atoms with E-state index in [1.807, 2.05) is 35.2 Å². The number of nitrogens with zero attached hydrogens (tertiary/aromatic N) is 2. The normalized spacial score (nSPS) is 13.0. The lowest BCUT2D eigenvalue weighted by molar-refractivity contribution is 0.208. The molecule has 3 nitrogen and oxygen atoms in total. The van der Waals surface area contributed by atoms with Crippen molar-refractivity contribution in [1.29, 1.82) is 0 Å². The Kier molecular flexibility index (Phi) is 2.65. The fourth-order valence-corrected chi connectivity index (χ4v) is 2.12. The first-order chi connectivity index (χ1) is 6.83. The SMILES string of the molecule is CCn1ccnc1C(O)c1cccs1. The highest BCUT2D eigenvalue weighted by molar-refractivity contribution is 7.10. The minimum Gasteiger partial charge on any atom is -0.380 e. The lowest BCUT2D eigenvalue weighted by Crippen LogP contribution is -2.07. The van der Waals surface area contributed by atoms with Crippen molar-refractivity contribution in [3.05, 3.63) is 40.6 Å². The molecule has 4 heteroatoms. The molecule has 1 N–H and O–H groups in total. The van der Waals surface area contributed by atoms with Crippen LogP contribution in [0.2, 0.25) is 0 Å². The standard InChI is InChI=1S/C10H12N2OS/c1-2-12-6-5-11-10(12)9(13)8-4-3-7-14-8/h3-7,9,13H,2H2,1H3. The highest BCUT2D eigenvalue weighted by atomic mass is 32.1. The molecule has 14 heavy (non-hydrogen) atoms. The summed E-state index contributed by atoms with van der Waals surface area (Å²) in [6.07, 6.45) is 3.01. The third-order valence-electron chi connectivity index (χ3n) is 2.15. The fourth-order valence-electron chi connectivity index (χ4n) is 1.41. The minimum atomic E-state index is -0.593. The zero-order chi connectivity index (χ0) is 9.97. The van der Waals surface area contributed by atoms with Crippen LogP contribution < -0.4 is 0 Å². The van der Waals surface area contributed by atoms with Crippen molar-refractivity contribution in [2.24, 2.45) is 0 Å². The van der Waals surface area contributed by atoms with Gasteiger partial charge in [0.05, 0.1) is 0 Å². The quantitative estimate of drug-likeness (QED) is 0.838. The van der Waals surface area contributed by atoms with Gasteiger partial charge in [-0.3, -0.25) is 0 Å². The van der Waals surface area contributed by atoms with Crippen LogP contribution in [0.1, 0.15) is 23.7 Å². The van der Waals surface area contributed by atoms with Crippen LogP contribution in [0.25, 0.3) is 0 Å². The Labute approximate surface area is 86.7 Å².